The molecule has 1 aromatic heterocycles. The largest absolute Gasteiger partial charge is 0.379 e. The van der Waals surface area contributed by atoms with Crippen LogP contribution >= 0.6 is 0 Å². The molecule has 50 heavy (non-hydrogen) atoms. The first-order chi connectivity index (χ1) is 24.0. The quantitative estimate of drug-likeness (QED) is 0.357. The summed E-state index contributed by atoms with van der Waals surface area (Å²) in [6, 6.07) is 13.4. The molecule has 3 saturated heterocycles. The zero-order chi connectivity index (χ0) is 35.1. The van der Waals surface area contributed by atoms with Gasteiger partial charge in [-0.25, -0.2) is 4.68 Å². The van der Waals surface area contributed by atoms with Crippen molar-refractivity contribution in [1.29, 1.82) is 0 Å². The number of carbonyl (C=O) groups excluding carboxylic acids is 4. The number of carbonyl (C=O) groups is 4. The Hall–Kier alpha value is -4.88. The summed E-state index contributed by atoms with van der Waals surface area (Å²) in [7, 11) is 3.76. The molecule has 0 bridgehead atoms. The molecule has 0 spiro atoms. The third kappa shape index (κ3) is 6.79. The molecule has 13 nitrogen and oxygen atoms in total. The highest BCUT2D eigenvalue weighted by molar-refractivity contribution is 6.05. The number of benzene rings is 2. The number of piperidine rings is 2. The summed E-state index contributed by atoms with van der Waals surface area (Å²) in [5, 5.41) is 10.1. The number of nitrogens with zero attached hydrogens (tertiary/aromatic N) is 6. The third-order valence-corrected chi connectivity index (χ3v) is 10.7. The van der Waals surface area contributed by atoms with Gasteiger partial charge in [0.05, 0.1) is 11.9 Å². The Bertz CT molecular complexity index is 1880. The van der Waals surface area contributed by atoms with Crippen molar-refractivity contribution in [2.45, 2.75) is 57.3 Å². The number of likely N-dealkylation sites (tertiary alicyclic amines) is 1. The van der Waals surface area contributed by atoms with E-state index in [1.807, 2.05) is 42.2 Å². The lowest BCUT2D eigenvalue weighted by Crippen LogP contribution is -2.52. The van der Waals surface area contributed by atoms with E-state index < -0.39 is 11.9 Å². The van der Waals surface area contributed by atoms with E-state index in [9.17, 15) is 24.0 Å². The van der Waals surface area contributed by atoms with Crippen molar-refractivity contribution in [3.63, 3.8) is 0 Å². The Labute approximate surface area is 291 Å². The molecule has 3 fully saturated rings. The summed E-state index contributed by atoms with van der Waals surface area (Å²) in [6.45, 7) is 7.42. The van der Waals surface area contributed by atoms with Crippen molar-refractivity contribution in [2.75, 3.05) is 51.6 Å². The van der Waals surface area contributed by atoms with Gasteiger partial charge in [0.2, 0.25) is 11.8 Å². The van der Waals surface area contributed by atoms with Crippen molar-refractivity contribution < 1.29 is 19.2 Å². The van der Waals surface area contributed by atoms with Crippen LogP contribution in [0.4, 0.5) is 5.69 Å². The van der Waals surface area contributed by atoms with Gasteiger partial charge in [0, 0.05) is 88.6 Å². The second kappa shape index (κ2) is 13.8. The average Bonchev–Trinajstić information content (AvgIpc) is 3.43. The van der Waals surface area contributed by atoms with Gasteiger partial charge in [0.25, 0.3) is 17.4 Å². The average molecular weight is 681 g/mol. The number of piperazine rings is 1. The summed E-state index contributed by atoms with van der Waals surface area (Å²) in [5.41, 5.74) is 5.81. The highest BCUT2D eigenvalue weighted by Crippen LogP contribution is 2.30. The molecular formula is C37H44N8O5. The van der Waals surface area contributed by atoms with Gasteiger partial charge in [-0.3, -0.25) is 34.2 Å². The summed E-state index contributed by atoms with van der Waals surface area (Å²) in [6.07, 6.45) is 3.21. The summed E-state index contributed by atoms with van der Waals surface area (Å²) in [5.74, 6) is -0.542. The number of hydrogen-bond donors (Lipinski definition) is 2. The molecule has 0 saturated carbocycles. The zero-order valence-corrected chi connectivity index (χ0v) is 28.9. The van der Waals surface area contributed by atoms with Gasteiger partial charge in [0.15, 0.2) is 0 Å². The van der Waals surface area contributed by atoms with Crippen molar-refractivity contribution in [2.24, 2.45) is 7.05 Å². The Morgan fingerprint density at radius 1 is 0.980 bits per heavy atom. The van der Waals surface area contributed by atoms with E-state index in [1.165, 1.54) is 10.2 Å². The first-order valence-electron chi connectivity index (χ1n) is 17.4. The molecule has 2 aromatic carbocycles. The first-order valence-corrected chi connectivity index (χ1v) is 17.4. The van der Waals surface area contributed by atoms with Crippen LogP contribution < -0.4 is 16.2 Å². The van der Waals surface area contributed by atoms with Crippen LogP contribution in [-0.4, -0.2) is 111 Å². The van der Waals surface area contributed by atoms with Crippen molar-refractivity contribution >= 4 is 29.3 Å². The Balaban J connectivity index is 0.916. The minimum absolute atomic E-state index is 0.0368. The second-order valence-electron chi connectivity index (χ2n) is 14.2. The number of nitrogens with one attached hydrogen (secondary N) is 2. The number of rotatable bonds is 7. The van der Waals surface area contributed by atoms with Gasteiger partial charge in [-0.15, -0.1) is 0 Å². The van der Waals surface area contributed by atoms with Crippen LogP contribution in [0, 0.1) is 6.92 Å². The van der Waals surface area contributed by atoms with Crippen LogP contribution in [0.5, 0.6) is 0 Å². The molecule has 262 valence electrons. The maximum absolute atomic E-state index is 13.5. The van der Waals surface area contributed by atoms with Crippen LogP contribution in [0.2, 0.25) is 0 Å². The van der Waals surface area contributed by atoms with Crippen LogP contribution in [-0.2, 0) is 29.7 Å². The van der Waals surface area contributed by atoms with E-state index in [4.69, 9.17) is 0 Å². The number of anilines is 1. The second-order valence-corrected chi connectivity index (χ2v) is 14.2. The molecular weight excluding hydrogens is 636 g/mol. The molecule has 3 aromatic rings. The van der Waals surface area contributed by atoms with E-state index in [1.54, 1.807) is 18.1 Å². The maximum Gasteiger partial charge on any atom is 0.271 e. The molecule has 2 N–H and O–H groups in total. The standard InChI is InChI=1S/C37H44N8O5/c1-23-31(18-38-42(3)35(23)48)39-29-17-27(20-41(2)22-29)25-5-7-26(8-6-25)36(49)44-14-12-43(13-15-44)19-24-4-9-30-28(16-24)21-45(37(30)50)32-10-11-33(46)40-34(32)47/h4-9,16,18,27,29,32,39H,10-15,17,19-22H2,1-3H3,(H,40,46,47)/t27-,29+,32?/m0/s1. The molecule has 13 heteroatoms. The highest BCUT2D eigenvalue weighted by Gasteiger charge is 2.39. The molecule has 0 aliphatic carbocycles. The molecule has 3 atom stereocenters. The normalized spacial score (nSPS) is 23.2. The number of aryl methyl sites for hydroxylation is 1. The Morgan fingerprint density at radius 3 is 2.48 bits per heavy atom. The number of imide groups is 1. The van der Waals surface area contributed by atoms with Gasteiger partial charge in [-0.05, 0) is 67.6 Å². The minimum Gasteiger partial charge on any atom is -0.379 e. The van der Waals surface area contributed by atoms with Crippen LogP contribution in [0.15, 0.2) is 53.5 Å². The maximum atomic E-state index is 13.5. The van der Waals surface area contributed by atoms with Crippen LogP contribution in [0.3, 0.4) is 0 Å². The Kier molecular flexibility index (Phi) is 9.27. The third-order valence-electron chi connectivity index (χ3n) is 10.7. The predicted octanol–water partition coefficient (Wildman–Crippen LogP) is 1.71. The number of likely N-dealkylation sites (N-methyl/N-ethyl adjacent to an activating group) is 1. The summed E-state index contributed by atoms with van der Waals surface area (Å²) in [4.78, 5) is 71.0. The fourth-order valence-electron chi connectivity index (χ4n) is 7.86. The van der Waals surface area contributed by atoms with Gasteiger partial charge in [-0.1, -0.05) is 24.3 Å². The van der Waals surface area contributed by atoms with Gasteiger partial charge in [-0.2, -0.15) is 5.10 Å². The minimum atomic E-state index is -0.623. The number of hydrogen-bond acceptors (Lipinski definition) is 9. The molecule has 0 radical (unpaired) electrons. The number of aromatic nitrogens is 2. The van der Waals surface area contributed by atoms with E-state index in [-0.39, 0.29) is 41.7 Å². The smallest absolute Gasteiger partial charge is 0.271 e. The molecule has 1 unspecified atom stereocenters. The lowest BCUT2D eigenvalue weighted by molar-refractivity contribution is -0.136. The zero-order valence-electron chi connectivity index (χ0n) is 28.9. The topological polar surface area (TPSA) is 140 Å². The van der Waals surface area contributed by atoms with Crippen molar-refractivity contribution in [1.82, 2.24) is 34.7 Å². The molecule has 4 aliphatic heterocycles. The lowest BCUT2D eigenvalue weighted by atomic mass is 9.87. The number of amides is 4. The molecule has 4 amide bonds. The van der Waals surface area contributed by atoms with Gasteiger partial charge < -0.3 is 20.0 Å². The van der Waals surface area contributed by atoms with Crippen LogP contribution in [0.1, 0.15) is 68.2 Å². The van der Waals surface area contributed by atoms with E-state index in [0.29, 0.717) is 49.3 Å². The van der Waals surface area contributed by atoms with Gasteiger partial charge in [0.1, 0.15) is 6.04 Å². The molecule has 7 rings (SSSR count). The summed E-state index contributed by atoms with van der Waals surface area (Å²) >= 11 is 0. The highest BCUT2D eigenvalue weighted by atomic mass is 16.2. The van der Waals surface area contributed by atoms with Crippen molar-refractivity contribution in [3.05, 3.63) is 92.4 Å². The predicted molar refractivity (Wildman–Crippen MR) is 187 cm³/mol. The molecule has 4 aliphatic rings. The summed E-state index contributed by atoms with van der Waals surface area (Å²) < 4.78 is 1.35. The van der Waals surface area contributed by atoms with Gasteiger partial charge >= 0.3 is 0 Å². The SMILES string of the molecule is Cc1c(N[C@@H]2C[C@H](c3ccc(C(=O)N4CCN(Cc5ccc6c(c5)CN(C5CCC(=O)NC5=O)C6=O)CC4)cc3)CN(C)C2)cnn(C)c1=O. The Morgan fingerprint density at radius 2 is 1.74 bits per heavy atom. The number of fused-ring (bicyclic) bond motifs is 1. The fraction of sp³-hybridized carbons (Fsp3) is 0.459. The van der Waals surface area contributed by atoms with E-state index >= 15 is 0 Å². The van der Waals surface area contributed by atoms with Crippen LogP contribution in [0.25, 0.3) is 0 Å². The fourth-order valence-corrected chi connectivity index (χ4v) is 7.86. The van der Waals surface area contributed by atoms with E-state index in [0.717, 1.165) is 49.4 Å². The van der Waals surface area contributed by atoms with Crippen molar-refractivity contribution in [3.8, 4) is 0 Å². The first kappa shape index (κ1) is 33.6. The van der Waals surface area contributed by atoms with E-state index in [2.05, 4.69) is 44.7 Å². The monoisotopic (exact) mass is 680 g/mol. The molecule has 5 heterocycles. The lowest BCUT2D eigenvalue weighted by Gasteiger charge is -2.37.